The molecule has 0 saturated carbocycles. The third kappa shape index (κ3) is 1.80. The average molecular weight is 320 g/mol. The van der Waals surface area contributed by atoms with Crippen LogP contribution in [0.25, 0.3) is 0 Å². The summed E-state index contributed by atoms with van der Waals surface area (Å²) in [7, 11) is 0. The number of rotatable bonds is 2. The number of ether oxygens (including phenoxy) is 1. The first-order valence-corrected chi connectivity index (χ1v) is 8.63. The third-order valence-corrected chi connectivity index (χ3v) is 5.67. The zero-order chi connectivity index (χ0) is 16.1. The summed E-state index contributed by atoms with van der Waals surface area (Å²) in [6.07, 6.45) is 2.13. The van der Waals surface area contributed by atoms with Gasteiger partial charge in [0.05, 0.1) is 12.6 Å². The maximum Gasteiger partial charge on any atom is 0.223 e. The molecule has 3 aliphatic rings. The van der Waals surface area contributed by atoms with Crippen LogP contribution < -0.4 is 5.32 Å². The summed E-state index contributed by atoms with van der Waals surface area (Å²) >= 11 is 0. The fourth-order valence-electron chi connectivity index (χ4n) is 4.70. The number of benzene rings is 2. The van der Waals surface area contributed by atoms with Crippen LogP contribution in [-0.2, 0) is 21.5 Å². The molecule has 0 aromatic heterocycles. The molecule has 0 unspecified atom stereocenters. The Morgan fingerprint density at radius 3 is 2.79 bits per heavy atom. The second kappa shape index (κ2) is 5.08. The lowest BCUT2D eigenvalue weighted by Crippen LogP contribution is -2.62. The van der Waals surface area contributed by atoms with Gasteiger partial charge in [-0.15, -0.1) is 0 Å². The van der Waals surface area contributed by atoms with Crippen molar-refractivity contribution in [3.63, 3.8) is 0 Å². The normalized spacial score (nSPS) is 30.5. The van der Waals surface area contributed by atoms with Crippen molar-refractivity contribution < 1.29 is 9.53 Å². The molecule has 5 rings (SSSR count). The Bertz CT molecular complexity index is 791. The Hall–Kier alpha value is -2.33. The van der Waals surface area contributed by atoms with Crippen LogP contribution in [0.3, 0.4) is 0 Å². The van der Waals surface area contributed by atoms with E-state index in [0.29, 0.717) is 13.0 Å². The van der Waals surface area contributed by atoms with Crippen LogP contribution in [0.4, 0.5) is 5.69 Å². The van der Waals surface area contributed by atoms with Gasteiger partial charge < -0.3 is 15.0 Å². The highest BCUT2D eigenvalue weighted by atomic mass is 16.5. The Kier molecular flexibility index (Phi) is 2.98. The van der Waals surface area contributed by atoms with Gasteiger partial charge in [0.1, 0.15) is 5.54 Å². The molecule has 1 N–H and O–H groups in total. The second-order valence-electron chi connectivity index (χ2n) is 6.93. The van der Waals surface area contributed by atoms with Gasteiger partial charge in [0.2, 0.25) is 5.91 Å². The Morgan fingerprint density at radius 1 is 1.12 bits per heavy atom. The average Bonchev–Trinajstić information content (AvgIpc) is 3.14. The molecule has 3 aliphatic heterocycles. The van der Waals surface area contributed by atoms with Crippen LogP contribution in [0, 0.1) is 0 Å². The molecular weight excluding hydrogens is 300 g/mol. The van der Waals surface area contributed by atoms with Crippen molar-refractivity contribution in [1.29, 1.82) is 0 Å². The molecule has 4 heteroatoms. The number of hydrogen-bond donors (Lipinski definition) is 1. The minimum Gasteiger partial charge on any atom is -0.358 e. The van der Waals surface area contributed by atoms with Crippen LogP contribution in [0.15, 0.2) is 54.6 Å². The second-order valence-corrected chi connectivity index (χ2v) is 6.93. The lowest BCUT2D eigenvalue weighted by atomic mass is 9.85. The molecule has 1 spiro atoms. The smallest absolute Gasteiger partial charge is 0.223 e. The molecule has 2 fully saturated rings. The van der Waals surface area contributed by atoms with E-state index in [1.807, 2.05) is 12.1 Å². The number of carbonyl (C=O) groups excluding carboxylic acids is 1. The highest BCUT2D eigenvalue weighted by Crippen LogP contribution is 2.53. The third-order valence-electron chi connectivity index (χ3n) is 5.67. The zero-order valence-electron chi connectivity index (χ0n) is 13.4. The van der Waals surface area contributed by atoms with Gasteiger partial charge in [-0.2, -0.15) is 0 Å². The molecule has 24 heavy (non-hydrogen) atoms. The van der Waals surface area contributed by atoms with E-state index in [-0.39, 0.29) is 23.7 Å². The molecule has 1 amide bonds. The number of para-hydroxylation sites is 1. The number of morpholine rings is 1. The van der Waals surface area contributed by atoms with Crippen molar-refractivity contribution in [2.45, 2.75) is 37.1 Å². The van der Waals surface area contributed by atoms with E-state index >= 15 is 0 Å². The zero-order valence-corrected chi connectivity index (χ0v) is 13.4. The van der Waals surface area contributed by atoms with Crippen molar-refractivity contribution in [1.82, 2.24) is 4.90 Å². The largest absolute Gasteiger partial charge is 0.358 e. The SMILES string of the molecule is O=C1CC[C@]23c4ccccc4N[C@H]2OC[C@H](Cc2ccccc2)N13. The fourth-order valence-corrected chi connectivity index (χ4v) is 4.70. The van der Waals surface area contributed by atoms with E-state index in [4.69, 9.17) is 4.74 Å². The molecule has 0 aliphatic carbocycles. The summed E-state index contributed by atoms with van der Waals surface area (Å²) in [5.74, 6) is 0.253. The predicted molar refractivity (Wildman–Crippen MR) is 91.5 cm³/mol. The molecule has 122 valence electrons. The first-order chi connectivity index (χ1) is 11.8. The van der Waals surface area contributed by atoms with Crippen molar-refractivity contribution in [3.8, 4) is 0 Å². The van der Waals surface area contributed by atoms with Gasteiger partial charge in [-0.3, -0.25) is 4.79 Å². The van der Waals surface area contributed by atoms with E-state index in [9.17, 15) is 4.79 Å². The van der Waals surface area contributed by atoms with E-state index < -0.39 is 0 Å². The Balaban J connectivity index is 1.57. The number of carbonyl (C=O) groups is 1. The van der Waals surface area contributed by atoms with Crippen LogP contribution in [0.1, 0.15) is 24.0 Å². The highest BCUT2D eigenvalue weighted by molar-refractivity contribution is 5.83. The lowest BCUT2D eigenvalue weighted by molar-refractivity contribution is -0.159. The first kappa shape index (κ1) is 14.1. The number of hydrogen-bond acceptors (Lipinski definition) is 3. The van der Waals surface area contributed by atoms with Crippen LogP contribution >= 0.6 is 0 Å². The van der Waals surface area contributed by atoms with Gasteiger partial charge in [-0.1, -0.05) is 48.5 Å². The van der Waals surface area contributed by atoms with Gasteiger partial charge in [0.15, 0.2) is 6.23 Å². The van der Waals surface area contributed by atoms with Gasteiger partial charge in [0.25, 0.3) is 0 Å². The molecule has 3 heterocycles. The van der Waals surface area contributed by atoms with E-state index in [0.717, 1.165) is 18.5 Å². The molecule has 0 bridgehead atoms. The Labute approximate surface area is 141 Å². The molecule has 2 aromatic carbocycles. The summed E-state index contributed by atoms with van der Waals surface area (Å²) in [6, 6.07) is 18.8. The molecule has 3 atom stereocenters. The monoisotopic (exact) mass is 320 g/mol. The quantitative estimate of drug-likeness (QED) is 0.925. The summed E-state index contributed by atoms with van der Waals surface area (Å²) in [5, 5.41) is 3.49. The van der Waals surface area contributed by atoms with E-state index in [2.05, 4.69) is 52.7 Å². The van der Waals surface area contributed by atoms with Crippen LogP contribution in [0.5, 0.6) is 0 Å². The number of nitrogens with zero attached hydrogens (tertiary/aromatic N) is 1. The number of fused-ring (bicyclic) bond motifs is 1. The van der Waals surface area contributed by atoms with Crippen LogP contribution in [0.2, 0.25) is 0 Å². The summed E-state index contributed by atoms with van der Waals surface area (Å²) in [5.41, 5.74) is 3.21. The summed E-state index contributed by atoms with van der Waals surface area (Å²) in [4.78, 5) is 14.9. The van der Waals surface area contributed by atoms with Crippen molar-refractivity contribution >= 4 is 11.6 Å². The van der Waals surface area contributed by atoms with E-state index in [1.165, 1.54) is 11.1 Å². The summed E-state index contributed by atoms with van der Waals surface area (Å²) < 4.78 is 6.22. The minimum atomic E-state index is -0.342. The first-order valence-electron chi connectivity index (χ1n) is 8.63. The summed E-state index contributed by atoms with van der Waals surface area (Å²) in [6.45, 7) is 0.577. The molecule has 2 aromatic rings. The number of anilines is 1. The Morgan fingerprint density at radius 2 is 1.92 bits per heavy atom. The molecular formula is C20H20N2O2. The van der Waals surface area contributed by atoms with E-state index in [1.54, 1.807) is 0 Å². The maximum absolute atomic E-state index is 12.8. The lowest BCUT2D eigenvalue weighted by Gasteiger charge is -2.48. The molecule has 2 saturated heterocycles. The fraction of sp³-hybridized carbons (Fsp3) is 0.350. The standard InChI is InChI=1S/C20H20N2O2/c23-18-10-11-20-16-8-4-5-9-17(16)21-19(20)24-13-15(22(18)20)12-14-6-2-1-3-7-14/h1-9,15,19,21H,10-13H2/t15-,19-,20-/m0/s1. The van der Waals surface area contributed by atoms with Gasteiger partial charge >= 0.3 is 0 Å². The van der Waals surface area contributed by atoms with Gasteiger partial charge in [-0.05, 0) is 24.5 Å². The van der Waals surface area contributed by atoms with Crippen molar-refractivity contribution in [3.05, 3.63) is 65.7 Å². The van der Waals surface area contributed by atoms with Gasteiger partial charge in [0, 0.05) is 17.7 Å². The maximum atomic E-state index is 12.8. The topological polar surface area (TPSA) is 41.6 Å². The van der Waals surface area contributed by atoms with Crippen LogP contribution in [-0.4, -0.2) is 29.7 Å². The van der Waals surface area contributed by atoms with Crippen molar-refractivity contribution in [2.24, 2.45) is 0 Å². The predicted octanol–water partition coefficient (Wildman–Crippen LogP) is 2.90. The van der Waals surface area contributed by atoms with Gasteiger partial charge in [-0.25, -0.2) is 0 Å². The van der Waals surface area contributed by atoms with Crippen molar-refractivity contribution in [2.75, 3.05) is 11.9 Å². The minimum absolute atomic E-state index is 0.0895. The molecule has 4 nitrogen and oxygen atoms in total. The number of amides is 1. The highest BCUT2D eigenvalue weighted by Gasteiger charge is 2.61. The number of nitrogens with one attached hydrogen (secondary N) is 1. The molecule has 0 radical (unpaired) electrons.